The van der Waals surface area contributed by atoms with Crippen LogP contribution in [-0.4, -0.2) is 40.7 Å². The molecule has 1 aliphatic rings. The lowest BCUT2D eigenvalue weighted by atomic mass is 10.1. The van der Waals surface area contributed by atoms with Gasteiger partial charge in [0.15, 0.2) is 5.78 Å². The van der Waals surface area contributed by atoms with Gasteiger partial charge in [-0.05, 0) is 45.0 Å². The fourth-order valence-electron chi connectivity index (χ4n) is 2.40. The Balaban J connectivity index is 1.82. The Morgan fingerprint density at radius 3 is 2.19 bits per heavy atom. The van der Waals surface area contributed by atoms with Crippen LogP contribution in [0.25, 0.3) is 0 Å². The van der Waals surface area contributed by atoms with Gasteiger partial charge < -0.3 is 4.74 Å². The van der Waals surface area contributed by atoms with Gasteiger partial charge in [0.05, 0.1) is 5.69 Å². The Bertz CT molecular complexity index is 691. The molecule has 8 nitrogen and oxygen atoms in total. The van der Waals surface area contributed by atoms with E-state index in [-0.39, 0.29) is 43.4 Å². The highest BCUT2D eigenvalue weighted by molar-refractivity contribution is 6.03. The number of hydrazine groups is 1. The second-order valence-corrected chi connectivity index (χ2v) is 6.94. The third-order valence-corrected chi connectivity index (χ3v) is 3.63. The van der Waals surface area contributed by atoms with E-state index in [4.69, 9.17) is 4.74 Å². The molecule has 0 saturated carbocycles. The first-order chi connectivity index (χ1) is 12.2. The minimum absolute atomic E-state index is 0.0837. The summed E-state index contributed by atoms with van der Waals surface area (Å²) in [7, 11) is 0. The van der Waals surface area contributed by atoms with Crippen LogP contribution in [0, 0.1) is 0 Å². The average Bonchev–Trinajstić information content (AvgIpc) is 2.88. The zero-order valence-corrected chi connectivity index (χ0v) is 15.1. The molecule has 26 heavy (non-hydrogen) atoms. The van der Waals surface area contributed by atoms with Gasteiger partial charge in [-0.3, -0.25) is 24.7 Å². The molecule has 0 radical (unpaired) electrons. The van der Waals surface area contributed by atoms with Crippen LogP contribution < -0.4 is 10.9 Å². The Hall–Kier alpha value is -2.90. The van der Waals surface area contributed by atoms with Crippen molar-refractivity contribution >= 4 is 29.4 Å². The van der Waals surface area contributed by atoms with Crippen LogP contribution in [0.5, 0.6) is 0 Å². The number of ether oxygens (including phenoxy) is 1. The highest BCUT2D eigenvalue weighted by Crippen LogP contribution is 2.15. The van der Waals surface area contributed by atoms with E-state index in [0.717, 1.165) is 4.90 Å². The summed E-state index contributed by atoms with van der Waals surface area (Å²) in [6, 6.07) is 6.48. The highest BCUT2D eigenvalue weighted by Gasteiger charge is 2.28. The van der Waals surface area contributed by atoms with Gasteiger partial charge in [-0.15, -0.1) is 0 Å². The van der Waals surface area contributed by atoms with Crippen LogP contribution in [0.15, 0.2) is 24.3 Å². The minimum Gasteiger partial charge on any atom is -0.443 e. The number of likely N-dealkylation sites (tertiary alicyclic amines) is 1. The van der Waals surface area contributed by atoms with E-state index in [9.17, 15) is 19.2 Å². The van der Waals surface area contributed by atoms with Crippen molar-refractivity contribution in [3.8, 4) is 0 Å². The van der Waals surface area contributed by atoms with Crippen LogP contribution in [0.1, 0.15) is 50.4 Å². The van der Waals surface area contributed by atoms with Gasteiger partial charge in [0.1, 0.15) is 5.60 Å². The molecule has 0 atom stereocenters. The standard InChI is InChI=1S/C18H23N3O5/c1-18(2,3)26-17(25)20-19-13-6-4-12(5-7-13)14(22)10-11-21-15(23)8-9-16(21)24/h4-7,19H,8-11H2,1-3H3,(H,20,25). The largest absolute Gasteiger partial charge is 0.443 e. The Morgan fingerprint density at radius 1 is 1.08 bits per heavy atom. The summed E-state index contributed by atoms with van der Waals surface area (Å²) in [5, 5.41) is 0. The molecule has 8 heteroatoms. The molecule has 1 heterocycles. The average molecular weight is 361 g/mol. The summed E-state index contributed by atoms with van der Waals surface area (Å²) in [6.45, 7) is 5.39. The molecule has 1 aromatic carbocycles. The molecule has 3 amide bonds. The van der Waals surface area contributed by atoms with Crippen molar-refractivity contribution in [2.75, 3.05) is 12.0 Å². The number of nitrogens with zero attached hydrogens (tertiary/aromatic N) is 1. The molecular weight excluding hydrogens is 338 g/mol. The number of nitrogens with one attached hydrogen (secondary N) is 2. The van der Waals surface area contributed by atoms with Gasteiger partial charge in [0.2, 0.25) is 11.8 Å². The molecule has 0 aromatic heterocycles. The first-order valence-corrected chi connectivity index (χ1v) is 8.37. The lowest BCUT2D eigenvalue weighted by molar-refractivity contribution is -0.138. The lowest BCUT2D eigenvalue weighted by Crippen LogP contribution is -2.35. The normalized spacial score (nSPS) is 14.3. The van der Waals surface area contributed by atoms with E-state index >= 15 is 0 Å². The Morgan fingerprint density at radius 2 is 1.65 bits per heavy atom. The number of imide groups is 1. The first-order valence-electron chi connectivity index (χ1n) is 8.37. The Kier molecular flexibility index (Phi) is 5.97. The fraction of sp³-hybridized carbons (Fsp3) is 0.444. The summed E-state index contributed by atoms with van der Waals surface area (Å²) < 4.78 is 5.09. The molecule has 1 aliphatic heterocycles. The second kappa shape index (κ2) is 7.99. The highest BCUT2D eigenvalue weighted by atomic mass is 16.6. The molecule has 2 rings (SSSR count). The molecule has 140 valence electrons. The number of Topliss-reactive ketones (excluding diaryl/α,β-unsaturated/α-hetero) is 1. The number of anilines is 1. The minimum atomic E-state index is -0.613. The summed E-state index contributed by atoms with van der Waals surface area (Å²) in [6.07, 6.45) is -0.0890. The van der Waals surface area contributed by atoms with Crippen LogP contribution in [0.4, 0.5) is 10.5 Å². The van der Waals surface area contributed by atoms with Gasteiger partial charge in [-0.1, -0.05) is 0 Å². The second-order valence-electron chi connectivity index (χ2n) is 6.94. The predicted molar refractivity (Wildman–Crippen MR) is 94.3 cm³/mol. The number of rotatable bonds is 6. The molecule has 0 unspecified atom stereocenters. The van der Waals surface area contributed by atoms with E-state index in [1.165, 1.54) is 0 Å². The number of carbonyl (C=O) groups excluding carboxylic acids is 4. The van der Waals surface area contributed by atoms with Gasteiger partial charge in [-0.25, -0.2) is 10.2 Å². The van der Waals surface area contributed by atoms with E-state index in [1.807, 2.05) is 0 Å². The van der Waals surface area contributed by atoms with Crippen LogP contribution in [0.2, 0.25) is 0 Å². The summed E-state index contributed by atoms with van der Waals surface area (Å²) in [5.74, 6) is -0.615. The lowest BCUT2D eigenvalue weighted by Gasteiger charge is -2.20. The van der Waals surface area contributed by atoms with Crippen molar-refractivity contribution in [2.24, 2.45) is 0 Å². The summed E-state index contributed by atoms with van der Waals surface area (Å²) in [5.41, 5.74) is 5.54. The number of benzene rings is 1. The molecule has 1 saturated heterocycles. The van der Waals surface area contributed by atoms with Crippen molar-refractivity contribution in [2.45, 2.75) is 45.6 Å². The monoisotopic (exact) mass is 361 g/mol. The smallest absolute Gasteiger partial charge is 0.426 e. The maximum absolute atomic E-state index is 12.2. The van der Waals surface area contributed by atoms with E-state index in [0.29, 0.717) is 11.3 Å². The molecule has 2 N–H and O–H groups in total. The van der Waals surface area contributed by atoms with Gasteiger partial charge >= 0.3 is 6.09 Å². The van der Waals surface area contributed by atoms with Crippen molar-refractivity contribution in [1.29, 1.82) is 0 Å². The van der Waals surface area contributed by atoms with Gasteiger partial charge in [0.25, 0.3) is 0 Å². The molecule has 0 spiro atoms. The van der Waals surface area contributed by atoms with Crippen molar-refractivity contribution in [3.63, 3.8) is 0 Å². The summed E-state index contributed by atoms with van der Waals surface area (Å²) in [4.78, 5) is 48.0. The molecule has 1 fully saturated rings. The maximum atomic E-state index is 12.2. The van der Waals surface area contributed by atoms with E-state index in [2.05, 4.69) is 10.9 Å². The summed E-state index contributed by atoms with van der Waals surface area (Å²) >= 11 is 0. The van der Waals surface area contributed by atoms with Crippen LogP contribution in [0.3, 0.4) is 0 Å². The zero-order chi connectivity index (χ0) is 19.3. The Labute approximate surface area is 151 Å². The van der Waals surface area contributed by atoms with Crippen molar-refractivity contribution < 1.29 is 23.9 Å². The van der Waals surface area contributed by atoms with E-state index < -0.39 is 11.7 Å². The molecule has 0 aliphatic carbocycles. The number of amides is 3. The molecular formula is C18H23N3O5. The number of hydrogen-bond acceptors (Lipinski definition) is 6. The fourth-order valence-corrected chi connectivity index (χ4v) is 2.40. The van der Waals surface area contributed by atoms with Crippen LogP contribution in [-0.2, 0) is 14.3 Å². The van der Waals surface area contributed by atoms with Gasteiger partial charge in [0, 0.05) is 31.4 Å². The quantitative estimate of drug-likeness (QED) is 0.457. The van der Waals surface area contributed by atoms with Crippen molar-refractivity contribution in [3.05, 3.63) is 29.8 Å². The topological polar surface area (TPSA) is 105 Å². The van der Waals surface area contributed by atoms with Crippen LogP contribution >= 0.6 is 0 Å². The first kappa shape index (κ1) is 19.4. The maximum Gasteiger partial charge on any atom is 0.426 e. The molecule has 0 bridgehead atoms. The number of carbonyl (C=O) groups is 4. The van der Waals surface area contributed by atoms with Crippen molar-refractivity contribution in [1.82, 2.24) is 10.3 Å². The number of hydrogen-bond donors (Lipinski definition) is 2. The predicted octanol–water partition coefficient (Wildman–Crippen LogP) is 2.26. The van der Waals surface area contributed by atoms with E-state index in [1.54, 1.807) is 45.0 Å². The third-order valence-electron chi connectivity index (χ3n) is 3.63. The zero-order valence-electron chi connectivity index (χ0n) is 15.1. The number of ketones is 1. The van der Waals surface area contributed by atoms with Gasteiger partial charge in [-0.2, -0.15) is 0 Å². The SMILES string of the molecule is CC(C)(C)OC(=O)NNc1ccc(C(=O)CCN2C(=O)CCC2=O)cc1. The third kappa shape index (κ3) is 5.58. The molecule has 1 aromatic rings.